The van der Waals surface area contributed by atoms with Crippen molar-refractivity contribution < 1.29 is 25.8 Å². The van der Waals surface area contributed by atoms with Crippen molar-refractivity contribution >= 4 is 21.8 Å². The van der Waals surface area contributed by atoms with Crippen LogP contribution in [-0.4, -0.2) is 19.3 Å². The van der Waals surface area contributed by atoms with E-state index in [1.807, 2.05) is 12.3 Å². The van der Waals surface area contributed by atoms with E-state index in [0.29, 0.717) is 29.3 Å². The van der Waals surface area contributed by atoms with Crippen LogP contribution in [-0.2, 0) is 27.5 Å². The van der Waals surface area contributed by atoms with Gasteiger partial charge in [0.15, 0.2) is 0 Å². The molecule has 3 aromatic carbocycles. The summed E-state index contributed by atoms with van der Waals surface area (Å²) in [6.07, 6.45) is 10.1. The molecule has 0 bridgehead atoms. The molecule has 49 heavy (non-hydrogen) atoms. The Morgan fingerprint density at radius 1 is 0.959 bits per heavy atom. The molecule has 3 aromatic heterocycles. The molecule has 1 unspecified atom stereocenters. The second-order valence-electron chi connectivity index (χ2n) is 14.0. The molecule has 5 nitrogen and oxygen atoms in total. The number of nitrogens with zero attached hydrogens (tertiary/aromatic N) is 4. The number of para-hydroxylation sites is 1. The minimum atomic E-state index is 0. The predicted octanol–water partition coefficient (Wildman–Crippen LogP) is 11.3. The molecule has 0 amide bonds. The van der Waals surface area contributed by atoms with Crippen LogP contribution in [0.3, 0.4) is 0 Å². The van der Waals surface area contributed by atoms with Crippen molar-refractivity contribution in [2.45, 2.75) is 92.4 Å². The van der Waals surface area contributed by atoms with Gasteiger partial charge in [-0.2, -0.15) is 11.2 Å². The zero-order chi connectivity index (χ0) is 33.5. The van der Waals surface area contributed by atoms with E-state index in [2.05, 4.69) is 131 Å². The average Bonchev–Trinajstić information content (AvgIpc) is 3.56. The molecule has 254 valence electrons. The maximum Gasteiger partial charge on any atom is 2.00 e. The zero-order valence-electron chi connectivity index (χ0n) is 29.7. The Balaban J connectivity index is 0.00000417. The van der Waals surface area contributed by atoms with Gasteiger partial charge in [-0.3, -0.25) is 4.68 Å². The van der Waals surface area contributed by atoms with Crippen LogP contribution in [0.15, 0.2) is 78.5 Å². The van der Waals surface area contributed by atoms with E-state index in [1.165, 1.54) is 39.8 Å². The van der Waals surface area contributed by atoms with Gasteiger partial charge in [-0.15, -0.1) is 41.3 Å². The van der Waals surface area contributed by atoms with Crippen LogP contribution in [0.1, 0.15) is 100 Å². The van der Waals surface area contributed by atoms with Gasteiger partial charge >= 0.3 is 21.1 Å². The van der Waals surface area contributed by atoms with Gasteiger partial charge in [-0.05, 0) is 93.1 Å². The molecule has 0 aliphatic heterocycles. The zero-order valence-corrected chi connectivity index (χ0v) is 32.0. The second-order valence-corrected chi connectivity index (χ2v) is 14.0. The molecule has 0 N–H and O–H groups in total. The van der Waals surface area contributed by atoms with Crippen LogP contribution in [0.25, 0.3) is 33.3 Å². The van der Waals surface area contributed by atoms with Crippen LogP contribution in [0.4, 0.5) is 0 Å². The third-order valence-electron chi connectivity index (χ3n) is 10.2. The molecule has 0 saturated carbocycles. The molecule has 6 aromatic rings. The van der Waals surface area contributed by atoms with E-state index in [-0.39, 0.29) is 21.1 Å². The van der Waals surface area contributed by atoms with Gasteiger partial charge in [0.1, 0.15) is 5.82 Å². The number of ether oxygens (including phenoxy) is 1. The Hall–Kier alpha value is -3.95. The van der Waals surface area contributed by atoms with Gasteiger partial charge < -0.3 is 9.30 Å². The molecule has 1 aliphatic carbocycles. The van der Waals surface area contributed by atoms with E-state index in [0.717, 1.165) is 59.3 Å². The van der Waals surface area contributed by atoms with E-state index >= 15 is 0 Å². The fourth-order valence-electron chi connectivity index (χ4n) is 7.63. The molecular formula is C43H46N4OPt. The van der Waals surface area contributed by atoms with Gasteiger partial charge in [0.2, 0.25) is 0 Å². The van der Waals surface area contributed by atoms with Crippen LogP contribution >= 0.6 is 0 Å². The first-order valence-electron chi connectivity index (χ1n) is 17.6. The first-order chi connectivity index (χ1) is 23.2. The van der Waals surface area contributed by atoms with Crippen molar-refractivity contribution in [1.82, 2.24) is 19.3 Å². The molecule has 7 rings (SSSR count). The summed E-state index contributed by atoms with van der Waals surface area (Å²) in [4.78, 5) is 4.82. The maximum atomic E-state index is 6.64. The number of fused-ring (bicyclic) bond motifs is 3. The van der Waals surface area contributed by atoms with Crippen LogP contribution < -0.4 is 4.74 Å². The summed E-state index contributed by atoms with van der Waals surface area (Å²) in [5.41, 5.74) is 10.5. The largest absolute Gasteiger partial charge is 2.00 e. The van der Waals surface area contributed by atoms with Crippen LogP contribution in [0.2, 0.25) is 0 Å². The summed E-state index contributed by atoms with van der Waals surface area (Å²) in [7, 11) is 0. The number of rotatable bonds is 9. The number of aromatic nitrogens is 4. The summed E-state index contributed by atoms with van der Waals surface area (Å²) < 4.78 is 10.9. The molecule has 2 atom stereocenters. The number of aryl methyl sites for hydroxylation is 2. The summed E-state index contributed by atoms with van der Waals surface area (Å²) in [6.45, 7) is 15.7. The van der Waals surface area contributed by atoms with E-state index in [1.54, 1.807) is 0 Å². The van der Waals surface area contributed by atoms with Crippen molar-refractivity contribution in [2.24, 2.45) is 5.92 Å². The smallest absolute Gasteiger partial charge is 0.509 e. The Morgan fingerprint density at radius 3 is 2.55 bits per heavy atom. The van der Waals surface area contributed by atoms with Gasteiger partial charge in [-0.25, -0.2) is 4.98 Å². The number of allylic oxidation sites excluding steroid dienone is 2. The van der Waals surface area contributed by atoms with Crippen LogP contribution in [0.5, 0.6) is 11.5 Å². The first kappa shape index (κ1) is 34.9. The average molecular weight is 830 g/mol. The van der Waals surface area contributed by atoms with E-state index < -0.39 is 0 Å². The molecule has 3 heterocycles. The minimum absolute atomic E-state index is 0. The number of hydrogen-bond acceptors (Lipinski definition) is 3. The number of benzene rings is 3. The van der Waals surface area contributed by atoms with E-state index in [4.69, 9.17) is 14.8 Å². The quantitative estimate of drug-likeness (QED) is 0.108. The van der Waals surface area contributed by atoms with Gasteiger partial charge in [0.25, 0.3) is 0 Å². The van der Waals surface area contributed by atoms with Gasteiger partial charge in [0, 0.05) is 40.4 Å². The van der Waals surface area contributed by atoms with Crippen molar-refractivity contribution in [3.05, 3.63) is 119 Å². The third kappa shape index (κ3) is 6.67. The van der Waals surface area contributed by atoms with Crippen molar-refractivity contribution in [3.63, 3.8) is 0 Å². The third-order valence-corrected chi connectivity index (χ3v) is 10.2. The minimum Gasteiger partial charge on any atom is -0.509 e. The Bertz CT molecular complexity index is 2150. The first-order valence-corrected chi connectivity index (χ1v) is 17.6. The normalized spacial score (nSPS) is 16.3. The maximum absolute atomic E-state index is 6.64. The Kier molecular flexibility index (Phi) is 10.3. The standard InChI is InChI=1S/C43H46N4O.Pt/c1-8-9-15-32-20-21-44-41(22-32)46-39-17-11-10-16-37(39)38-19-18-35(26-40(38)46)48-36-24-33(27(2)3)23-34(25-36)47-31(7)43(30(6)45-47)42-28(4)13-12-14-29(42)5;/h10-11,13,16-24,27,29,42H,8-9,12,14-15H2,1-7H3;/q-2;+2/t29-,42?;/m0./s1. The Morgan fingerprint density at radius 2 is 1.78 bits per heavy atom. The molecule has 0 saturated heterocycles. The van der Waals surface area contributed by atoms with Crippen LogP contribution in [0, 0.1) is 31.9 Å². The second kappa shape index (κ2) is 14.5. The fourth-order valence-corrected chi connectivity index (χ4v) is 7.63. The van der Waals surface area contributed by atoms with Crippen molar-refractivity contribution in [1.29, 1.82) is 0 Å². The molecule has 1 aliphatic rings. The summed E-state index contributed by atoms with van der Waals surface area (Å²) in [5.74, 6) is 3.49. The summed E-state index contributed by atoms with van der Waals surface area (Å²) >= 11 is 0. The molecule has 0 spiro atoms. The predicted molar refractivity (Wildman–Crippen MR) is 197 cm³/mol. The SMILES string of the molecule is CCCCc1ccnc(-n2c3[c-]c(Oc4[c-]c(-n5nc(C)c(C6C(C)=CCC[C@@H]6C)c5C)cc(C(C)C)c4)ccc3c3ccccc32)c1.[Pt+2]. The number of pyridine rings is 1. The molecule has 0 radical (unpaired) electrons. The van der Waals surface area contributed by atoms with E-state index in [9.17, 15) is 0 Å². The van der Waals surface area contributed by atoms with Crippen molar-refractivity contribution in [3.8, 4) is 23.0 Å². The topological polar surface area (TPSA) is 44.9 Å². The number of unbranched alkanes of at least 4 members (excludes halogenated alkanes) is 1. The number of hydrogen-bond donors (Lipinski definition) is 0. The summed E-state index contributed by atoms with van der Waals surface area (Å²) in [6, 6.07) is 28.5. The summed E-state index contributed by atoms with van der Waals surface area (Å²) in [5, 5.41) is 7.39. The van der Waals surface area contributed by atoms with Gasteiger partial charge in [0.05, 0.1) is 5.69 Å². The Labute approximate surface area is 305 Å². The van der Waals surface area contributed by atoms with Crippen molar-refractivity contribution in [2.75, 3.05) is 0 Å². The molecule has 0 fully saturated rings. The fraction of sp³-hybridized carbons (Fsp3) is 0.349. The monoisotopic (exact) mass is 829 g/mol. The molecular weight excluding hydrogens is 784 g/mol. The molecule has 6 heteroatoms. The van der Waals surface area contributed by atoms with Gasteiger partial charge in [-0.1, -0.05) is 69.5 Å².